The maximum atomic E-state index is 12.1. The second-order valence-corrected chi connectivity index (χ2v) is 7.16. The highest BCUT2D eigenvalue weighted by Gasteiger charge is 2.18. The minimum Gasteiger partial charge on any atom is -0.378 e. The van der Waals surface area contributed by atoms with E-state index < -0.39 is 0 Å². The maximum Gasteiger partial charge on any atom is 0.236 e. The molecule has 9 heteroatoms. The van der Waals surface area contributed by atoms with E-state index in [-0.39, 0.29) is 5.91 Å². The first kappa shape index (κ1) is 15.9. The Labute approximate surface area is 131 Å². The predicted molar refractivity (Wildman–Crippen MR) is 82.7 cm³/mol. The molecule has 1 aromatic heterocycles. The molecule has 20 heavy (non-hydrogen) atoms. The molecule has 2 rings (SSSR count). The van der Waals surface area contributed by atoms with E-state index in [1.165, 1.54) is 11.3 Å². The van der Waals surface area contributed by atoms with Crippen molar-refractivity contribution in [3.8, 4) is 0 Å². The number of carbonyl (C=O) groups excluding carboxylic acids is 1. The topological polar surface area (TPSA) is 50.6 Å². The number of carbonyl (C=O) groups is 1. The average molecular weight is 334 g/mol. The van der Waals surface area contributed by atoms with Crippen molar-refractivity contribution >= 4 is 41.2 Å². The van der Waals surface area contributed by atoms with Crippen LogP contribution in [-0.2, 0) is 16.2 Å². The third-order valence-electron chi connectivity index (χ3n) is 2.91. The summed E-state index contributed by atoms with van der Waals surface area (Å²) in [5.41, 5.74) is 0. The van der Waals surface area contributed by atoms with Crippen molar-refractivity contribution in [1.82, 2.24) is 19.6 Å². The van der Waals surface area contributed by atoms with Crippen molar-refractivity contribution in [3.05, 3.63) is 3.95 Å². The molecule has 0 aliphatic carbocycles. The van der Waals surface area contributed by atoms with Gasteiger partial charge in [-0.25, -0.2) is 4.68 Å². The van der Waals surface area contributed by atoms with Crippen LogP contribution in [0.1, 0.15) is 0 Å². The minimum absolute atomic E-state index is 0.127. The van der Waals surface area contributed by atoms with E-state index in [9.17, 15) is 4.79 Å². The van der Waals surface area contributed by atoms with Gasteiger partial charge in [0.15, 0.2) is 8.29 Å². The van der Waals surface area contributed by atoms with E-state index >= 15 is 0 Å². The minimum atomic E-state index is 0.127. The molecule has 112 valence electrons. The van der Waals surface area contributed by atoms with Crippen LogP contribution in [-0.4, -0.2) is 71.6 Å². The van der Waals surface area contributed by atoms with Gasteiger partial charge in [0, 0.05) is 13.1 Å². The molecule has 1 aliphatic rings. The summed E-state index contributed by atoms with van der Waals surface area (Å²) in [5.74, 6) is 0.127. The number of aromatic nitrogens is 2. The zero-order chi connectivity index (χ0) is 14.5. The largest absolute Gasteiger partial charge is 0.378 e. The first-order valence-corrected chi connectivity index (χ1v) is 8.71. The van der Waals surface area contributed by atoms with Crippen LogP contribution in [0.5, 0.6) is 0 Å². The number of likely N-dealkylation sites (N-methyl/N-ethyl adjacent to an activating group) is 1. The van der Waals surface area contributed by atoms with Gasteiger partial charge in [0.25, 0.3) is 0 Å². The van der Waals surface area contributed by atoms with E-state index in [4.69, 9.17) is 17.0 Å². The number of thioether (sulfide) groups is 1. The van der Waals surface area contributed by atoms with Crippen LogP contribution in [0, 0.1) is 3.95 Å². The number of morpholine rings is 1. The molecule has 1 amide bonds. The number of nitrogens with zero attached hydrogens (tertiary/aromatic N) is 4. The van der Waals surface area contributed by atoms with Crippen molar-refractivity contribution < 1.29 is 9.53 Å². The lowest BCUT2D eigenvalue weighted by molar-refractivity contribution is -0.136. The summed E-state index contributed by atoms with van der Waals surface area (Å²) in [6, 6.07) is 0. The highest BCUT2D eigenvalue weighted by atomic mass is 32.2. The Morgan fingerprint density at radius 3 is 2.85 bits per heavy atom. The van der Waals surface area contributed by atoms with Crippen molar-refractivity contribution in [2.24, 2.45) is 0 Å². The van der Waals surface area contributed by atoms with Crippen LogP contribution in [0.2, 0.25) is 0 Å². The Morgan fingerprint density at radius 2 is 2.25 bits per heavy atom. The fourth-order valence-corrected chi connectivity index (χ4v) is 3.62. The lowest BCUT2D eigenvalue weighted by Gasteiger charge is -2.28. The van der Waals surface area contributed by atoms with E-state index in [1.807, 2.05) is 23.1 Å². The third kappa shape index (κ3) is 4.26. The molecule has 1 aliphatic heterocycles. The second kappa shape index (κ2) is 7.51. The average Bonchev–Trinajstić information content (AvgIpc) is 2.80. The first-order valence-electron chi connectivity index (χ1n) is 6.26. The molecule has 0 atom stereocenters. The Kier molecular flexibility index (Phi) is 5.97. The Morgan fingerprint density at radius 1 is 1.55 bits per heavy atom. The summed E-state index contributed by atoms with van der Waals surface area (Å²) in [5, 5.41) is 4.40. The van der Waals surface area contributed by atoms with Crippen molar-refractivity contribution in [3.63, 3.8) is 0 Å². The molecule has 0 N–H and O–H groups in total. The van der Waals surface area contributed by atoms with Crippen LogP contribution >= 0.6 is 35.3 Å². The van der Waals surface area contributed by atoms with Gasteiger partial charge in [-0.2, -0.15) is 5.10 Å². The Bertz CT molecular complexity index is 510. The van der Waals surface area contributed by atoms with Crippen LogP contribution in [0.25, 0.3) is 0 Å². The highest BCUT2D eigenvalue weighted by Crippen LogP contribution is 2.18. The summed E-state index contributed by atoms with van der Waals surface area (Å²) < 4.78 is 8.69. The molecular formula is C11H18N4O2S3. The Balaban J connectivity index is 1.87. The van der Waals surface area contributed by atoms with Gasteiger partial charge >= 0.3 is 0 Å². The van der Waals surface area contributed by atoms with Crippen LogP contribution < -0.4 is 0 Å². The number of hydrogen-bond donors (Lipinski definition) is 0. The molecule has 0 spiro atoms. The third-order valence-corrected chi connectivity index (χ3v) is 5.19. The molecule has 1 fully saturated rings. The van der Waals surface area contributed by atoms with E-state index in [2.05, 4.69) is 5.10 Å². The molecular weight excluding hydrogens is 316 g/mol. The van der Waals surface area contributed by atoms with Crippen LogP contribution in [0.4, 0.5) is 0 Å². The van der Waals surface area contributed by atoms with Crippen molar-refractivity contribution in [2.45, 2.75) is 11.0 Å². The maximum absolute atomic E-state index is 12.1. The fourth-order valence-electron chi connectivity index (χ4n) is 1.88. The van der Waals surface area contributed by atoms with E-state index in [0.29, 0.717) is 39.5 Å². The summed E-state index contributed by atoms with van der Waals surface area (Å²) in [6.45, 7) is 3.52. The monoisotopic (exact) mass is 334 g/mol. The van der Waals surface area contributed by atoms with E-state index in [1.54, 1.807) is 16.4 Å². The van der Waals surface area contributed by atoms with Gasteiger partial charge in [0.2, 0.25) is 5.91 Å². The summed E-state index contributed by atoms with van der Waals surface area (Å²) in [7, 11) is 1.90. The zero-order valence-electron chi connectivity index (χ0n) is 11.6. The van der Waals surface area contributed by atoms with Gasteiger partial charge in [-0.05, 0) is 25.5 Å². The molecule has 0 saturated carbocycles. The van der Waals surface area contributed by atoms with Gasteiger partial charge in [0.1, 0.15) is 0 Å². The smallest absolute Gasteiger partial charge is 0.236 e. The van der Waals surface area contributed by atoms with Crippen molar-refractivity contribution in [1.29, 1.82) is 0 Å². The van der Waals surface area contributed by atoms with Gasteiger partial charge < -0.3 is 9.64 Å². The molecule has 0 unspecified atom stereocenters. The molecule has 0 aromatic carbocycles. The summed E-state index contributed by atoms with van der Waals surface area (Å²) in [4.78, 5) is 15.9. The number of ether oxygens (including phenoxy) is 1. The van der Waals surface area contributed by atoms with Gasteiger partial charge in [-0.1, -0.05) is 23.1 Å². The number of rotatable bonds is 5. The lowest BCUT2D eigenvalue weighted by atomic mass is 10.4. The summed E-state index contributed by atoms with van der Waals surface area (Å²) in [6.07, 6.45) is 1.98. The predicted octanol–water partition coefficient (Wildman–Crippen LogP) is 1.14. The first-order chi connectivity index (χ1) is 9.60. The van der Waals surface area contributed by atoms with Gasteiger partial charge in [-0.15, -0.1) is 0 Å². The van der Waals surface area contributed by atoms with Gasteiger partial charge in [-0.3, -0.25) is 9.69 Å². The van der Waals surface area contributed by atoms with Crippen LogP contribution in [0.3, 0.4) is 0 Å². The normalized spacial score (nSPS) is 15.8. The Hall–Kier alpha value is -0.480. The number of amides is 1. The molecule has 1 saturated heterocycles. The molecule has 0 bridgehead atoms. The highest BCUT2D eigenvalue weighted by molar-refractivity contribution is 8.00. The zero-order valence-corrected chi connectivity index (χ0v) is 14.0. The number of hydrogen-bond acceptors (Lipinski definition) is 7. The molecule has 0 radical (unpaired) electrons. The van der Waals surface area contributed by atoms with Crippen molar-refractivity contribution in [2.75, 3.05) is 46.2 Å². The quantitative estimate of drug-likeness (QED) is 0.595. The SMILES string of the molecule is CSc1nn(CN(C)CC(=O)N2CCOCC2)c(=S)s1. The molecule has 2 heterocycles. The van der Waals surface area contributed by atoms with Crippen LogP contribution in [0.15, 0.2) is 4.34 Å². The fraction of sp³-hybridized carbons (Fsp3) is 0.727. The lowest BCUT2D eigenvalue weighted by Crippen LogP contribution is -2.45. The van der Waals surface area contributed by atoms with E-state index in [0.717, 1.165) is 8.29 Å². The molecule has 6 nitrogen and oxygen atoms in total. The van der Waals surface area contributed by atoms with Gasteiger partial charge in [0.05, 0.1) is 26.4 Å². The standard InChI is InChI=1S/C11H18N4O2S3/c1-13(7-9(16)14-3-5-17-6-4-14)8-15-11(18)20-10(12-15)19-2/h3-8H2,1-2H3. The molecule has 1 aromatic rings. The summed E-state index contributed by atoms with van der Waals surface area (Å²) >= 11 is 8.34. The second-order valence-electron chi connectivity index (χ2n) is 4.49.